The molecule has 108 valence electrons. The molecule has 6 nitrogen and oxygen atoms in total. The van der Waals surface area contributed by atoms with Crippen molar-refractivity contribution >= 4 is 23.2 Å². The zero-order chi connectivity index (χ0) is 14.7. The van der Waals surface area contributed by atoms with Gasteiger partial charge in [-0.3, -0.25) is 9.59 Å². The minimum absolute atomic E-state index is 0.0331. The van der Waals surface area contributed by atoms with Crippen LogP contribution in [0.1, 0.15) is 23.2 Å². The normalized spacial score (nSPS) is 18.6. The molecule has 1 aromatic rings. The molecule has 2 rings (SSSR count). The molecule has 20 heavy (non-hydrogen) atoms. The molecule has 0 aromatic heterocycles. The van der Waals surface area contributed by atoms with Gasteiger partial charge in [0.15, 0.2) is 0 Å². The van der Waals surface area contributed by atoms with Crippen molar-refractivity contribution < 1.29 is 9.59 Å². The van der Waals surface area contributed by atoms with E-state index in [4.69, 9.17) is 11.5 Å². The molecule has 0 radical (unpaired) electrons. The van der Waals surface area contributed by atoms with E-state index in [2.05, 4.69) is 5.32 Å². The second kappa shape index (κ2) is 5.81. The maximum absolute atomic E-state index is 11.8. The maximum Gasteiger partial charge on any atom is 0.250 e. The Bertz CT molecular complexity index is 530. The molecule has 1 fully saturated rings. The molecule has 5 N–H and O–H groups in total. The summed E-state index contributed by atoms with van der Waals surface area (Å²) in [4.78, 5) is 25.3. The second-order valence-electron chi connectivity index (χ2n) is 5.04. The van der Waals surface area contributed by atoms with Crippen LogP contribution in [0.2, 0.25) is 0 Å². The van der Waals surface area contributed by atoms with Crippen LogP contribution in [0.3, 0.4) is 0 Å². The molecule has 1 unspecified atom stereocenters. The van der Waals surface area contributed by atoms with Crippen molar-refractivity contribution in [2.75, 3.05) is 30.8 Å². The number of nitrogens with zero attached hydrogens (tertiary/aromatic N) is 1. The van der Waals surface area contributed by atoms with E-state index in [0.717, 1.165) is 25.1 Å². The number of hydrogen-bond acceptors (Lipinski definition) is 4. The predicted octanol–water partition coefficient (Wildman–Crippen LogP) is 0.330. The van der Waals surface area contributed by atoms with Gasteiger partial charge < -0.3 is 21.7 Å². The number of benzene rings is 1. The number of primary amides is 1. The number of nitrogen functional groups attached to an aromatic ring is 1. The van der Waals surface area contributed by atoms with Crippen molar-refractivity contribution in [3.05, 3.63) is 23.8 Å². The van der Waals surface area contributed by atoms with Crippen molar-refractivity contribution in [3.63, 3.8) is 0 Å². The number of hydrogen-bond donors (Lipinski definition) is 3. The summed E-state index contributed by atoms with van der Waals surface area (Å²) in [7, 11) is 1.64. The van der Waals surface area contributed by atoms with Gasteiger partial charge in [-0.1, -0.05) is 0 Å². The van der Waals surface area contributed by atoms with Crippen molar-refractivity contribution in [1.29, 1.82) is 0 Å². The highest BCUT2D eigenvalue weighted by Crippen LogP contribution is 2.27. The van der Waals surface area contributed by atoms with Gasteiger partial charge in [-0.05, 0) is 31.0 Å². The van der Waals surface area contributed by atoms with E-state index in [1.54, 1.807) is 25.2 Å². The molecule has 1 aliphatic heterocycles. The summed E-state index contributed by atoms with van der Waals surface area (Å²) in [6.45, 7) is 1.39. The topological polar surface area (TPSA) is 101 Å². The van der Waals surface area contributed by atoms with Gasteiger partial charge in [0, 0.05) is 31.5 Å². The zero-order valence-electron chi connectivity index (χ0n) is 11.6. The Morgan fingerprint density at radius 3 is 2.80 bits per heavy atom. The van der Waals surface area contributed by atoms with Crippen LogP contribution in [0, 0.1) is 5.92 Å². The summed E-state index contributed by atoms with van der Waals surface area (Å²) in [6.07, 6.45) is 1.76. The molecule has 1 atom stereocenters. The number of amides is 2. The number of nitrogens with one attached hydrogen (secondary N) is 1. The molecule has 0 bridgehead atoms. The summed E-state index contributed by atoms with van der Waals surface area (Å²) in [5, 5.41) is 2.68. The molecule has 6 heteroatoms. The lowest BCUT2D eigenvalue weighted by Gasteiger charge is -2.34. The van der Waals surface area contributed by atoms with Gasteiger partial charge in [-0.25, -0.2) is 0 Å². The van der Waals surface area contributed by atoms with Gasteiger partial charge in [-0.15, -0.1) is 0 Å². The molecule has 1 aromatic carbocycles. The van der Waals surface area contributed by atoms with Crippen molar-refractivity contribution in [1.82, 2.24) is 5.32 Å². The highest BCUT2D eigenvalue weighted by atomic mass is 16.2. The molecular weight excluding hydrogens is 256 g/mol. The highest BCUT2D eigenvalue weighted by Gasteiger charge is 2.27. The highest BCUT2D eigenvalue weighted by molar-refractivity contribution is 5.99. The third-order valence-electron chi connectivity index (χ3n) is 3.67. The smallest absolute Gasteiger partial charge is 0.250 e. The number of carbonyl (C=O) groups excluding carboxylic acids is 2. The van der Waals surface area contributed by atoms with Crippen molar-refractivity contribution in [3.8, 4) is 0 Å². The Labute approximate surface area is 118 Å². The minimum atomic E-state index is -0.505. The van der Waals surface area contributed by atoms with Crippen LogP contribution in [-0.2, 0) is 4.79 Å². The Balaban J connectivity index is 2.27. The van der Waals surface area contributed by atoms with Crippen LogP contribution < -0.4 is 21.7 Å². The van der Waals surface area contributed by atoms with E-state index in [1.165, 1.54) is 0 Å². The monoisotopic (exact) mass is 276 g/mol. The standard InChI is InChI=1S/C14H20N4O2/c1-17-14(20)9-3-2-6-18(8-9)12-5-4-10(15)7-11(12)13(16)19/h4-5,7,9H,2-3,6,8,15H2,1H3,(H2,16,19)(H,17,20). The van der Waals surface area contributed by atoms with Crippen LogP contribution >= 0.6 is 0 Å². The molecule has 0 aliphatic carbocycles. The van der Waals surface area contributed by atoms with E-state index in [1.807, 2.05) is 4.90 Å². The average Bonchev–Trinajstić information content (AvgIpc) is 2.46. The Hall–Kier alpha value is -2.24. The van der Waals surface area contributed by atoms with E-state index < -0.39 is 5.91 Å². The Morgan fingerprint density at radius 2 is 2.15 bits per heavy atom. The first-order valence-corrected chi connectivity index (χ1v) is 6.68. The fourth-order valence-corrected chi connectivity index (χ4v) is 2.64. The number of rotatable bonds is 3. The number of nitrogens with two attached hydrogens (primary N) is 2. The lowest BCUT2D eigenvalue weighted by molar-refractivity contribution is -0.124. The van der Waals surface area contributed by atoms with Gasteiger partial charge in [0.2, 0.25) is 5.91 Å². The fourth-order valence-electron chi connectivity index (χ4n) is 2.64. The third-order valence-corrected chi connectivity index (χ3v) is 3.67. The summed E-state index contributed by atoms with van der Waals surface area (Å²) < 4.78 is 0. The van der Waals surface area contributed by atoms with Crippen LogP contribution in [-0.4, -0.2) is 32.0 Å². The van der Waals surface area contributed by atoms with Crippen LogP contribution in [0.4, 0.5) is 11.4 Å². The van der Waals surface area contributed by atoms with Gasteiger partial charge >= 0.3 is 0 Å². The summed E-state index contributed by atoms with van der Waals surface area (Å²) in [5.41, 5.74) is 12.8. The van der Waals surface area contributed by atoms with Crippen LogP contribution in [0.5, 0.6) is 0 Å². The van der Waals surface area contributed by atoms with E-state index in [-0.39, 0.29) is 11.8 Å². The second-order valence-corrected chi connectivity index (χ2v) is 5.04. The number of anilines is 2. The maximum atomic E-state index is 11.8. The molecule has 0 saturated carbocycles. The van der Waals surface area contributed by atoms with Gasteiger partial charge in [-0.2, -0.15) is 0 Å². The third kappa shape index (κ3) is 2.84. The zero-order valence-corrected chi connectivity index (χ0v) is 11.6. The van der Waals surface area contributed by atoms with Crippen molar-refractivity contribution in [2.24, 2.45) is 11.7 Å². The lowest BCUT2D eigenvalue weighted by Crippen LogP contribution is -2.42. The molecule has 1 heterocycles. The number of piperidine rings is 1. The first-order chi connectivity index (χ1) is 9.52. The Kier molecular flexibility index (Phi) is 4.12. The van der Waals surface area contributed by atoms with Gasteiger partial charge in [0.25, 0.3) is 5.91 Å². The van der Waals surface area contributed by atoms with Crippen molar-refractivity contribution in [2.45, 2.75) is 12.8 Å². The van der Waals surface area contributed by atoms with Crippen LogP contribution in [0.15, 0.2) is 18.2 Å². The van der Waals surface area contributed by atoms with Gasteiger partial charge in [0.1, 0.15) is 0 Å². The molecule has 2 amide bonds. The average molecular weight is 276 g/mol. The van der Waals surface area contributed by atoms with Gasteiger partial charge in [0.05, 0.1) is 11.5 Å². The molecule has 1 aliphatic rings. The summed E-state index contributed by atoms with van der Waals surface area (Å²) in [6, 6.07) is 5.12. The Morgan fingerprint density at radius 1 is 1.40 bits per heavy atom. The molecular formula is C14H20N4O2. The quantitative estimate of drug-likeness (QED) is 0.692. The first kappa shape index (κ1) is 14.2. The first-order valence-electron chi connectivity index (χ1n) is 6.68. The lowest BCUT2D eigenvalue weighted by atomic mass is 9.96. The minimum Gasteiger partial charge on any atom is -0.399 e. The molecule has 0 spiro atoms. The summed E-state index contributed by atoms with van der Waals surface area (Å²) >= 11 is 0. The SMILES string of the molecule is CNC(=O)C1CCCN(c2ccc(N)cc2C(N)=O)C1. The van der Waals surface area contributed by atoms with E-state index in [0.29, 0.717) is 17.8 Å². The summed E-state index contributed by atoms with van der Waals surface area (Å²) in [5.74, 6) is -0.535. The number of carbonyl (C=O) groups is 2. The predicted molar refractivity (Wildman–Crippen MR) is 78.4 cm³/mol. The molecule has 1 saturated heterocycles. The van der Waals surface area contributed by atoms with E-state index >= 15 is 0 Å². The fraction of sp³-hybridized carbons (Fsp3) is 0.429. The van der Waals surface area contributed by atoms with E-state index in [9.17, 15) is 9.59 Å². The largest absolute Gasteiger partial charge is 0.399 e. The van der Waals surface area contributed by atoms with Crippen LogP contribution in [0.25, 0.3) is 0 Å².